The molecule has 1 unspecified atom stereocenters. The van der Waals surface area contributed by atoms with Gasteiger partial charge in [-0.1, -0.05) is 30.3 Å². The van der Waals surface area contributed by atoms with Crippen molar-refractivity contribution >= 4 is 5.91 Å². The molecule has 21 heavy (non-hydrogen) atoms. The number of likely N-dealkylation sites (tertiary alicyclic amines) is 1. The molecular weight excluding hydrogens is 262 g/mol. The Morgan fingerprint density at radius 3 is 2.62 bits per heavy atom. The Hall–Kier alpha value is -1.86. The predicted molar refractivity (Wildman–Crippen MR) is 82.6 cm³/mol. The molecule has 1 N–H and O–H groups in total. The summed E-state index contributed by atoms with van der Waals surface area (Å²) in [5.74, 6) is 0.562. The maximum absolute atomic E-state index is 10.9. The number of hydrogen-bond donors (Lipinski definition) is 1. The van der Waals surface area contributed by atoms with Crippen LogP contribution in [0, 0.1) is 17.2 Å². The molecule has 1 aromatic rings. The zero-order valence-corrected chi connectivity index (χ0v) is 12.6. The van der Waals surface area contributed by atoms with Crippen LogP contribution in [0.5, 0.6) is 0 Å². The van der Waals surface area contributed by atoms with Crippen LogP contribution in [0.25, 0.3) is 0 Å². The number of nitrogens with zero attached hydrogens (tertiary/aromatic N) is 2. The largest absolute Gasteiger partial charge is 0.356 e. The van der Waals surface area contributed by atoms with E-state index in [9.17, 15) is 10.1 Å². The van der Waals surface area contributed by atoms with Crippen molar-refractivity contribution in [2.24, 2.45) is 5.92 Å². The third-order valence-electron chi connectivity index (χ3n) is 4.15. The van der Waals surface area contributed by atoms with E-state index in [0.29, 0.717) is 5.92 Å². The van der Waals surface area contributed by atoms with Gasteiger partial charge in [-0.05, 0) is 37.4 Å². The summed E-state index contributed by atoms with van der Waals surface area (Å²) in [6.45, 7) is 5.16. The van der Waals surface area contributed by atoms with E-state index in [1.165, 1.54) is 0 Å². The molecule has 1 aliphatic heterocycles. The second-order valence-electron chi connectivity index (χ2n) is 5.77. The van der Waals surface area contributed by atoms with Crippen LogP contribution in [0.3, 0.4) is 0 Å². The summed E-state index contributed by atoms with van der Waals surface area (Å²) in [4.78, 5) is 13.3. The molecule has 0 bridgehead atoms. The Kier molecular flexibility index (Phi) is 5.77. The number of nitriles is 1. The first-order chi connectivity index (χ1) is 10.2. The lowest BCUT2D eigenvalue weighted by atomic mass is 9.94. The normalized spacial score (nSPS) is 17.9. The molecule has 2 rings (SSSR count). The van der Waals surface area contributed by atoms with Crippen LogP contribution in [0.2, 0.25) is 0 Å². The maximum Gasteiger partial charge on any atom is 0.216 e. The van der Waals surface area contributed by atoms with Crippen LogP contribution in [-0.2, 0) is 4.79 Å². The van der Waals surface area contributed by atoms with E-state index in [0.717, 1.165) is 44.6 Å². The van der Waals surface area contributed by atoms with Crippen LogP contribution in [0.1, 0.15) is 31.2 Å². The minimum atomic E-state index is -0.0573. The standard InChI is InChI=1S/C17H23N3O/c1-14(21)19-12-15-7-9-20(10-8-15)13-17(11-18)16-5-3-2-4-6-16/h2-6,15,17H,7-10,12-13H2,1H3,(H,19,21). The summed E-state index contributed by atoms with van der Waals surface area (Å²) < 4.78 is 0. The number of nitrogens with one attached hydrogen (secondary N) is 1. The van der Waals surface area contributed by atoms with E-state index >= 15 is 0 Å². The lowest BCUT2D eigenvalue weighted by Crippen LogP contribution is -2.39. The van der Waals surface area contributed by atoms with Crippen LogP contribution >= 0.6 is 0 Å². The van der Waals surface area contributed by atoms with Gasteiger partial charge in [-0.25, -0.2) is 0 Å². The van der Waals surface area contributed by atoms with E-state index in [1.54, 1.807) is 6.92 Å². The fourth-order valence-electron chi connectivity index (χ4n) is 2.83. The highest BCUT2D eigenvalue weighted by molar-refractivity contribution is 5.72. The van der Waals surface area contributed by atoms with Crippen LogP contribution in [0.15, 0.2) is 30.3 Å². The zero-order chi connectivity index (χ0) is 15.1. The molecule has 1 amide bonds. The monoisotopic (exact) mass is 285 g/mol. The van der Waals surface area contributed by atoms with Crippen molar-refractivity contribution in [2.75, 3.05) is 26.2 Å². The molecule has 112 valence electrons. The Labute approximate surface area is 126 Å². The second-order valence-corrected chi connectivity index (χ2v) is 5.77. The summed E-state index contributed by atoms with van der Waals surface area (Å²) in [6.07, 6.45) is 2.18. The van der Waals surface area contributed by atoms with Gasteiger partial charge in [0.1, 0.15) is 0 Å². The number of benzene rings is 1. The molecule has 0 aliphatic carbocycles. The smallest absolute Gasteiger partial charge is 0.216 e. The third-order valence-corrected chi connectivity index (χ3v) is 4.15. The third kappa shape index (κ3) is 4.87. The number of carbonyl (C=O) groups excluding carboxylic acids is 1. The number of piperidine rings is 1. The van der Waals surface area contributed by atoms with Crippen molar-refractivity contribution in [2.45, 2.75) is 25.7 Å². The average molecular weight is 285 g/mol. The van der Waals surface area contributed by atoms with Gasteiger partial charge in [0.15, 0.2) is 0 Å². The predicted octanol–water partition coefficient (Wildman–Crippen LogP) is 2.14. The molecule has 4 nitrogen and oxygen atoms in total. The van der Waals surface area contributed by atoms with Gasteiger partial charge in [0.25, 0.3) is 0 Å². The first-order valence-corrected chi connectivity index (χ1v) is 7.60. The van der Waals surface area contributed by atoms with Crippen molar-refractivity contribution in [3.63, 3.8) is 0 Å². The molecule has 1 heterocycles. The Balaban J connectivity index is 1.80. The Bertz CT molecular complexity index is 487. The lowest BCUT2D eigenvalue weighted by molar-refractivity contribution is -0.119. The van der Waals surface area contributed by atoms with E-state index in [-0.39, 0.29) is 11.8 Å². The quantitative estimate of drug-likeness (QED) is 0.902. The van der Waals surface area contributed by atoms with E-state index < -0.39 is 0 Å². The zero-order valence-electron chi connectivity index (χ0n) is 12.6. The topological polar surface area (TPSA) is 56.1 Å². The van der Waals surface area contributed by atoms with E-state index in [1.807, 2.05) is 30.3 Å². The van der Waals surface area contributed by atoms with Crippen LogP contribution < -0.4 is 5.32 Å². The summed E-state index contributed by atoms with van der Waals surface area (Å²) in [6, 6.07) is 12.4. The Morgan fingerprint density at radius 2 is 2.05 bits per heavy atom. The fourth-order valence-corrected chi connectivity index (χ4v) is 2.83. The van der Waals surface area contributed by atoms with Crippen LogP contribution in [0.4, 0.5) is 0 Å². The minimum Gasteiger partial charge on any atom is -0.356 e. The highest BCUT2D eigenvalue weighted by Crippen LogP contribution is 2.21. The maximum atomic E-state index is 10.9. The van der Waals surface area contributed by atoms with Crippen molar-refractivity contribution in [3.05, 3.63) is 35.9 Å². The molecule has 0 saturated carbocycles. The molecule has 0 spiro atoms. The van der Waals surface area contributed by atoms with Crippen molar-refractivity contribution < 1.29 is 4.79 Å². The van der Waals surface area contributed by atoms with Gasteiger partial charge in [-0.3, -0.25) is 4.79 Å². The fraction of sp³-hybridized carbons (Fsp3) is 0.529. The van der Waals surface area contributed by atoms with E-state index in [2.05, 4.69) is 16.3 Å². The SMILES string of the molecule is CC(=O)NCC1CCN(CC(C#N)c2ccccc2)CC1. The number of hydrogen-bond acceptors (Lipinski definition) is 3. The molecular formula is C17H23N3O. The minimum absolute atomic E-state index is 0.0473. The molecule has 4 heteroatoms. The van der Waals surface area contributed by atoms with Gasteiger partial charge >= 0.3 is 0 Å². The highest BCUT2D eigenvalue weighted by atomic mass is 16.1. The molecule has 1 aliphatic rings. The lowest BCUT2D eigenvalue weighted by Gasteiger charge is -2.33. The summed E-state index contributed by atoms with van der Waals surface area (Å²) >= 11 is 0. The van der Waals surface area contributed by atoms with E-state index in [4.69, 9.17) is 0 Å². The molecule has 1 saturated heterocycles. The number of rotatable bonds is 5. The summed E-state index contributed by atoms with van der Waals surface area (Å²) in [7, 11) is 0. The van der Waals surface area contributed by atoms with Crippen LogP contribution in [-0.4, -0.2) is 37.0 Å². The first-order valence-electron chi connectivity index (χ1n) is 7.60. The number of amides is 1. The second kappa shape index (κ2) is 7.80. The summed E-state index contributed by atoms with van der Waals surface area (Å²) in [5, 5.41) is 12.3. The number of carbonyl (C=O) groups is 1. The highest BCUT2D eigenvalue weighted by Gasteiger charge is 2.22. The summed E-state index contributed by atoms with van der Waals surface area (Å²) in [5.41, 5.74) is 1.10. The molecule has 1 fully saturated rings. The molecule has 0 radical (unpaired) electrons. The Morgan fingerprint density at radius 1 is 1.38 bits per heavy atom. The van der Waals surface area contributed by atoms with Gasteiger partial charge in [0.05, 0.1) is 12.0 Å². The van der Waals surface area contributed by atoms with Crippen molar-refractivity contribution in [1.82, 2.24) is 10.2 Å². The van der Waals surface area contributed by atoms with Crippen molar-refractivity contribution in [1.29, 1.82) is 5.26 Å². The first kappa shape index (κ1) is 15.5. The molecule has 1 atom stereocenters. The van der Waals surface area contributed by atoms with Gasteiger partial charge in [-0.15, -0.1) is 0 Å². The van der Waals surface area contributed by atoms with Gasteiger partial charge in [0, 0.05) is 20.0 Å². The van der Waals surface area contributed by atoms with Gasteiger partial charge < -0.3 is 10.2 Å². The van der Waals surface area contributed by atoms with Gasteiger partial charge in [0.2, 0.25) is 5.91 Å². The average Bonchev–Trinajstić information content (AvgIpc) is 2.52. The molecule has 0 aromatic heterocycles. The molecule has 1 aromatic carbocycles. The van der Waals surface area contributed by atoms with Crippen molar-refractivity contribution in [3.8, 4) is 6.07 Å². The van der Waals surface area contributed by atoms with Gasteiger partial charge in [-0.2, -0.15) is 5.26 Å².